The molecule has 0 radical (unpaired) electrons. The Morgan fingerprint density at radius 3 is 2.85 bits per heavy atom. The van der Waals surface area contributed by atoms with Gasteiger partial charge in [-0.2, -0.15) is 11.8 Å². The Kier molecular flexibility index (Phi) is 4.59. The second kappa shape index (κ2) is 6.42. The van der Waals surface area contributed by atoms with E-state index in [4.69, 9.17) is 16.0 Å². The van der Waals surface area contributed by atoms with Crippen LogP contribution in [-0.2, 0) is 0 Å². The van der Waals surface area contributed by atoms with Gasteiger partial charge in [-0.05, 0) is 37.1 Å². The zero-order valence-corrected chi connectivity index (χ0v) is 12.9. The molecule has 1 atom stereocenters. The monoisotopic (exact) mass is 310 g/mol. The molecule has 0 saturated heterocycles. The van der Waals surface area contributed by atoms with E-state index in [1.165, 1.54) is 32.1 Å². The molecule has 108 valence electrons. The lowest BCUT2D eigenvalue weighted by Crippen LogP contribution is -2.11. The van der Waals surface area contributed by atoms with Gasteiger partial charge in [-0.15, -0.1) is 0 Å². The lowest BCUT2D eigenvalue weighted by atomic mass is 10.0. The fraction of sp³-hybridized carbons (Fsp3) is 0.500. The van der Waals surface area contributed by atoms with Gasteiger partial charge in [0.1, 0.15) is 17.4 Å². The quantitative estimate of drug-likeness (QED) is 0.844. The van der Waals surface area contributed by atoms with Crippen molar-refractivity contribution in [2.24, 2.45) is 0 Å². The Hall–Kier alpha value is -0.640. The third kappa shape index (κ3) is 3.33. The van der Waals surface area contributed by atoms with E-state index in [1.807, 2.05) is 30.0 Å². The molecule has 3 rings (SSSR count). The maximum Gasteiger partial charge on any atom is 0.134 e. The van der Waals surface area contributed by atoms with Gasteiger partial charge < -0.3 is 9.52 Å². The minimum absolute atomic E-state index is 0.534. The van der Waals surface area contributed by atoms with E-state index in [2.05, 4.69) is 0 Å². The molecule has 1 N–H and O–H groups in total. The number of aliphatic hydroxyl groups excluding tert-OH is 1. The highest BCUT2D eigenvalue weighted by atomic mass is 35.5. The maximum atomic E-state index is 10.3. The van der Waals surface area contributed by atoms with Gasteiger partial charge in [-0.25, -0.2) is 0 Å². The zero-order chi connectivity index (χ0) is 13.9. The zero-order valence-electron chi connectivity index (χ0n) is 11.3. The summed E-state index contributed by atoms with van der Waals surface area (Å²) in [5.74, 6) is 1.35. The summed E-state index contributed by atoms with van der Waals surface area (Å²) in [6, 6.07) is 7.42. The van der Waals surface area contributed by atoms with Gasteiger partial charge in [-0.3, -0.25) is 0 Å². The molecule has 1 aromatic heterocycles. The van der Waals surface area contributed by atoms with Crippen LogP contribution >= 0.6 is 23.4 Å². The molecule has 0 spiro atoms. The number of hydrogen-bond donors (Lipinski definition) is 1. The van der Waals surface area contributed by atoms with E-state index in [0.717, 1.165) is 11.0 Å². The highest BCUT2D eigenvalue weighted by molar-refractivity contribution is 7.99. The van der Waals surface area contributed by atoms with Gasteiger partial charge in [0.2, 0.25) is 0 Å². The summed E-state index contributed by atoms with van der Waals surface area (Å²) in [6.07, 6.45) is 6.06. The Morgan fingerprint density at radius 2 is 2.05 bits per heavy atom. The Balaban J connectivity index is 1.64. The molecule has 1 fully saturated rings. The summed E-state index contributed by atoms with van der Waals surface area (Å²) in [5.41, 5.74) is 0.783. The van der Waals surface area contributed by atoms with Gasteiger partial charge in [0.05, 0.1) is 0 Å². The molecule has 1 aliphatic carbocycles. The first kappa shape index (κ1) is 14.3. The molecular formula is C16H19ClO2S. The van der Waals surface area contributed by atoms with E-state index in [-0.39, 0.29) is 0 Å². The van der Waals surface area contributed by atoms with Crippen LogP contribution < -0.4 is 0 Å². The van der Waals surface area contributed by atoms with E-state index >= 15 is 0 Å². The number of hydrogen-bond acceptors (Lipinski definition) is 3. The molecule has 2 nitrogen and oxygen atoms in total. The lowest BCUT2D eigenvalue weighted by Gasteiger charge is -2.21. The first-order valence-corrected chi connectivity index (χ1v) is 8.64. The van der Waals surface area contributed by atoms with E-state index in [0.29, 0.717) is 21.8 Å². The molecule has 1 unspecified atom stereocenters. The summed E-state index contributed by atoms with van der Waals surface area (Å²) in [4.78, 5) is 0. The summed E-state index contributed by atoms with van der Waals surface area (Å²) in [5, 5.41) is 12.6. The van der Waals surface area contributed by atoms with Crippen LogP contribution in [-0.4, -0.2) is 16.1 Å². The highest BCUT2D eigenvalue weighted by Crippen LogP contribution is 2.33. The highest BCUT2D eigenvalue weighted by Gasteiger charge is 2.18. The van der Waals surface area contributed by atoms with Crippen molar-refractivity contribution in [2.45, 2.75) is 43.5 Å². The normalized spacial score (nSPS) is 18.5. The standard InChI is InChI=1S/C16H19ClO2S/c17-12-6-7-15-11(8-12)9-16(19-15)14(18)10-20-13-4-2-1-3-5-13/h6-9,13-14,18H,1-5,10H2. The first-order valence-electron chi connectivity index (χ1n) is 7.21. The number of aliphatic hydroxyl groups is 1. The summed E-state index contributed by atoms with van der Waals surface area (Å²) in [6.45, 7) is 0. The number of fused-ring (bicyclic) bond motifs is 1. The fourth-order valence-electron chi connectivity index (χ4n) is 2.74. The third-order valence-corrected chi connectivity index (χ3v) is 5.55. The summed E-state index contributed by atoms with van der Waals surface area (Å²) >= 11 is 7.84. The minimum atomic E-state index is -0.534. The number of thioether (sulfide) groups is 1. The topological polar surface area (TPSA) is 33.4 Å². The van der Waals surface area contributed by atoms with Gasteiger partial charge in [-0.1, -0.05) is 30.9 Å². The second-order valence-electron chi connectivity index (χ2n) is 5.44. The molecule has 1 aliphatic rings. The van der Waals surface area contributed by atoms with Gasteiger partial charge in [0.25, 0.3) is 0 Å². The molecule has 4 heteroatoms. The molecule has 20 heavy (non-hydrogen) atoms. The van der Waals surface area contributed by atoms with Crippen LogP contribution in [0.15, 0.2) is 28.7 Å². The molecule has 1 saturated carbocycles. The third-order valence-electron chi connectivity index (χ3n) is 3.87. The van der Waals surface area contributed by atoms with E-state index in [9.17, 15) is 5.11 Å². The summed E-state index contributed by atoms with van der Waals surface area (Å²) < 4.78 is 5.70. The van der Waals surface area contributed by atoms with Crippen molar-refractivity contribution in [3.63, 3.8) is 0 Å². The van der Waals surface area contributed by atoms with Crippen molar-refractivity contribution in [1.82, 2.24) is 0 Å². The Bertz CT molecular complexity index is 575. The van der Waals surface area contributed by atoms with Crippen molar-refractivity contribution >= 4 is 34.3 Å². The van der Waals surface area contributed by atoms with Crippen molar-refractivity contribution in [2.75, 3.05) is 5.75 Å². The minimum Gasteiger partial charge on any atom is -0.458 e. The lowest BCUT2D eigenvalue weighted by molar-refractivity contribution is 0.176. The molecule has 0 amide bonds. The van der Waals surface area contributed by atoms with Crippen LogP contribution in [0.4, 0.5) is 0 Å². The van der Waals surface area contributed by atoms with Gasteiger partial charge in [0.15, 0.2) is 0 Å². The predicted molar refractivity (Wildman–Crippen MR) is 85.5 cm³/mol. The SMILES string of the molecule is OC(CSC1CCCCC1)c1cc2cc(Cl)ccc2o1. The van der Waals surface area contributed by atoms with Gasteiger partial charge in [0, 0.05) is 21.4 Å². The molecule has 0 bridgehead atoms. The number of benzene rings is 1. The fourth-order valence-corrected chi connectivity index (χ4v) is 4.21. The summed E-state index contributed by atoms with van der Waals surface area (Å²) in [7, 11) is 0. The average Bonchev–Trinajstić information content (AvgIpc) is 2.89. The van der Waals surface area contributed by atoms with Gasteiger partial charge >= 0.3 is 0 Å². The number of furan rings is 1. The van der Waals surface area contributed by atoms with Crippen molar-refractivity contribution in [3.8, 4) is 0 Å². The van der Waals surface area contributed by atoms with Crippen LogP contribution in [0.1, 0.15) is 44.0 Å². The largest absolute Gasteiger partial charge is 0.458 e. The van der Waals surface area contributed by atoms with Crippen molar-refractivity contribution in [3.05, 3.63) is 35.0 Å². The Morgan fingerprint density at radius 1 is 1.25 bits per heavy atom. The van der Waals surface area contributed by atoms with Crippen LogP contribution in [0, 0.1) is 0 Å². The van der Waals surface area contributed by atoms with E-state index in [1.54, 1.807) is 6.07 Å². The maximum absolute atomic E-state index is 10.3. The second-order valence-corrected chi connectivity index (χ2v) is 7.21. The molecule has 1 heterocycles. The molecule has 0 aliphatic heterocycles. The molecular weight excluding hydrogens is 292 g/mol. The van der Waals surface area contributed by atoms with Crippen molar-refractivity contribution in [1.29, 1.82) is 0 Å². The Labute approximate surface area is 128 Å². The van der Waals surface area contributed by atoms with Crippen LogP contribution in [0.25, 0.3) is 11.0 Å². The molecule has 1 aromatic carbocycles. The smallest absolute Gasteiger partial charge is 0.134 e. The molecule has 2 aromatic rings. The predicted octanol–water partition coefficient (Wildman–Crippen LogP) is 5.19. The van der Waals surface area contributed by atoms with Crippen LogP contribution in [0.3, 0.4) is 0 Å². The first-order chi connectivity index (χ1) is 9.72. The van der Waals surface area contributed by atoms with Crippen LogP contribution in [0.2, 0.25) is 5.02 Å². The number of halogens is 1. The van der Waals surface area contributed by atoms with E-state index < -0.39 is 6.10 Å². The van der Waals surface area contributed by atoms with Crippen LogP contribution in [0.5, 0.6) is 0 Å². The average molecular weight is 311 g/mol. The van der Waals surface area contributed by atoms with Crippen molar-refractivity contribution < 1.29 is 9.52 Å². The number of rotatable bonds is 4.